The van der Waals surface area contributed by atoms with Gasteiger partial charge in [0, 0.05) is 43.1 Å². The Morgan fingerprint density at radius 3 is 2.77 bits per heavy atom. The minimum atomic E-state index is 0.127. The number of nitrogens with one attached hydrogen (secondary N) is 1. The summed E-state index contributed by atoms with van der Waals surface area (Å²) < 4.78 is 0. The Hall–Kier alpha value is -0.910. The fourth-order valence-corrected chi connectivity index (χ4v) is 6.17. The quantitative estimate of drug-likeness (QED) is 0.816. The summed E-state index contributed by atoms with van der Waals surface area (Å²) in [4.78, 5) is 20.1. The maximum Gasteiger partial charge on any atom is 0.261 e. The van der Waals surface area contributed by atoms with Gasteiger partial charge in [-0.05, 0) is 50.3 Å². The van der Waals surface area contributed by atoms with Crippen molar-refractivity contribution in [2.45, 2.75) is 83.5 Å². The van der Waals surface area contributed by atoms with Crippen LogP contribution in [0.1, 0.15) is 78.4 Å². The van der Waals surface area contributed by atoms with Crippen molar-refractivity contribution < 1.29 is 4.79 Å². The molecule has 3 heterocycles. The molecule has 5 heteroatoms. The van der Waals surface area contributed by atoms with Gasteiger partial charge in [-0.3, -0.25) is 14.6 Å². The number of nitrogens with zero attached hydrogens (tertiary/aromatic N) is 2. The maximum absolute atomic E-state index is 12.5. The van der Waals surface area contributed by atoms with Gasteiger partial charge < -0.3 is 5.32 Å². The van der Waals surface area contributed by atoms with Crippen LogP contribution in [-0.2, 0) is 13.1 Å². The number of piperidine rings is 1. The number of fused-ring (bicyclic) bond motifs is 1. The first kappa shape index (κ1) is 18.5. The van der Waals surface area contributed by atoms with E-state index in [1.807, 2.05) is 0 Å². The highest BCUT2D eigenvalue weighted by Crippen LogP contribution is 2.35. The van der Waals surface area contributed by atoms with Gasteiger partial charge in [0.15, 0.2) is 0 Å². The van der Waals surface area contributed by atoms with E-state index in [-0.39, 0.29) is 5.91 Å². The highest BCUT2D eigenvalue weighted by Gasteiger charge is 2.30. The number of likely N-dealkylation sites (tertiary alicyclic amines) is 1. The third-order valence-corrected chi connectivity index (χ3v) is 7.75. The molecule has 3 aliphatic rings. The van der Waals surface area contributed by atoms with E-state index in [0.717, 1.165) is 37.1 Å². The Bertz CT molecular complexity index is 599. The first-order valence-corrected chi connectivity index (χ1v) is 11.4. The molecule has 144 valence electrons. The molecule has 0 spiro atoms. The Balaban J connectivity index is 1.25. The van der Waals surface area contributed by atoms with Crippen molar-refractivity contribution in [1.82, 2.24) is 15.1 Å². The van der Waals surface area contributed by atoms with E-state index in [1.54, 1.807) is 11.3 Å². The molecule has 26 heavy (non-hydrogen) atoms. The molecule has 0 aromatic carbocycles. The minimum absolute atomic E-state index is 0.127. The van der Waals surface area contributed by atoms with Crippen LogP contribution in [0.15, 0.2) is 6.07 Å². The highest BCUT2D eigenvalue weighted by molar-refractivity contribution is 7.14. The summed E-state index contributed by atoms with van der Waals surface area (Å²) in [5, 5.41) is 3.16. The number of thiophene rings is 1. The van der Waals surface area contributed by atoms with E-state index in [0.29, 0.717) is 6.04 Å². The lowest BCUT2D eigenvalue weighted by Crippen LogP contribution is -2.43. The standard InChI is InChI=1S/C21H33N3OS/c1-2-17-7-5-6-11-23(17)12-10-22-21(25)19-13-16-14-24(15-20(16)26-19)18-8-3-4-9-18/h13,17-18H,2-12,14-15H2,1H3,(H,22,25)/t17-/m0/s1. The van der Waals surface area contributed by atoms with Crippen LogP contribution in [0.2, 0.25) is 0 Å². The van der Waals surface area contributed by atoms with Gasteiger partial charge in [-0.15, -0.1) is 11.3 Å². The highest BCUT2D eigenvalue weighted by atomic mass is 32.1. The molecule has 1 saturated carbocycles. The fourth-order valence-electron chi connectivity index (χ4n) is 5.05. The lowest BCUT2D eigenvalue weighted by atomic mass is 10.0. The van der Waals surface area contributed by atoms with Crippen LogP contribution in [0.25, 0.3) is 0 Å². The van der Waals surface area contributed by atoms with Gasteiger partial charge in [0.25, 0.3) is 5.91 Å². The first-order chi connectivity index (χ1) is 12.7. The van der Waals surface area contributed by atoms with Gasteiger partial charge in [0.1, 0.15) is 0 Å². The van der Waals surface area contributed by atoms with Gasteiger partial charge in [-0.2, -0.15) is 0 Å². The van der Waals surface area contributed by atoms with E-state index < -0.39 is 0 Å². The van der Waals surface area contributed by atoms with Crippen LogP contribution in [-0.4, -0.2) is 47.4 Å². The summed E-state index contributed by atoms with van der Waals surface area (Å²) in [6.45, 7) is 7.35. The average Bonchev–Trinajstić information content (AvgIpc) is 3.37. The third-order valence-electron chi connectivity index (χ3n) is 6.59. The van der Waals surface area contributed by atoms with Crippen LogP contribution in [0, 0.1) is 0 Å². The number of carbonyl (C=O) groups is 1. The monoisotopic (exact) mass is 375 g/mol. The molecular weight excluding hydrogens is 342 g/mol. The van der Waals surface area contributed by atoms with Crippen molar-refractivity contribution in [2.75, 3.05) is 19.6 Å². The topological polar surface area (TPSA) is 35.6 Å². The zero-order chi connectivity index (χ0) is 17.9. The predicted molar refractivity (Wildman–Crippen MR) is 108 cm³/mol. The van der Waals surface area contributed by atoms with Gasteiger partial charge >= 0.3 is 0 Å². The van der Waals surface area contributed by atoms with Crippen molar-refractivity contribution in [3.05, 3.63) is 21.4 Å². The van der Waals surface area contributed by atoms with Crippen LogP contribution >= 0.6 is 11.3 Å². The number of carbonyl (C=O) groups excluding carboxylic acids is 1. The molecule has 2 aliphatic heterocycles. The van der Waals surface area contributed by atoms with Crippen molar-refractivity contribution in [1.29, 1.82) is 0 Å². The molecule has 0 bridgehead atoms. The number of rotatable bonds is 6. The Morgan fingerprint density at radius 2 is 2.00 bits per heavy atom. The van der Waals surface area contributed by atoms with E-state index in [4.69, 9.17) is 0 Å². The van der Waals surface area contributed by atoms with Crippen molar-refractivity contribution in [2.24, 2.45) is 0 Å². The first-order valence-electron chi connectivity index (χ1n) is 10.6. The molecule has 4 rings (SSSR count). The predicted octanol–water partition coefficient (Wildman–Crippen LogP) is 4.00. The molecule has 1 aliphatic carbocycles. The molecule has 1 N–H and O–H groups in total. The molecule has 1 aromatic heterocycles. The molecule has 0 unspecified atom stereocenters. The van der Waals surface area contributed by atoms with Crippen LogP contribution in [0.3, 0.4) is 0 Å². The normalized spacial score (nSPS) is 24.9. The van der Waals surface area contributed by atoms with E-state index in [2.05, 4.69) is 28.1 Å². The van der Waals surface area contributed by atoms with Crippen LogP contribution < -0.4 is 5.32 Å². The third kappa shape index (κ3) is 4.00. The van der Waals surface area contributed by atoms with Crippen molar-refractivity contribution >= 4 is 17.2 Å². The fraction of sp³-hybridized carbons (Fsp3) is 0.762. The smallest absolute Gasteiger partial charge is 0.261 e. The van der Waals surface area contributed by atoms with E-state index >= 15 is 0 Å². The summed E-state index contributed by atoms with van der Waals surface area (Å²) in [7, 11) is 0. The molecular formula is C21H33N3OS. The lowest BCUT2D eigenvalue weighted by Gasteiger charge is -2.35. The second kappa shape index (κ2) is 8.41. The summed E-state index contributed by atoms with van der Waals surface area (Å²) >= 11 is 1.72. The average molecular weight is 376 g/mol. The van der Waals surface area contributed by atoms with E-state index in [1.165, 1.54) is 68.4 Å². The van der Waals surface area contributed by atoms with Gasteiger partial charge in [-0.25, -0.2) is 0 Å². The molecule has 1 atom stereocenters. The number of hydrogen-bond donors (Lipinski definition) is 1. The summed E-state index contributed by atoms with van der Waals surface area (Å²) in [6, 6.07) is 3.65. The SMILES string of the molecule is CC[C@H]1CCCCN1CCNC(=O)c1cc2c(s1)CN(C1CCCC1)C2. The van der Waals surface area contributed by atoms with Crippen molar-refractivity contribution in [3.8, 4) is 0 Å². The molecule has 1 aromatic rings. The largest absolute Gasteiger partial charge is 0.350 e. The zero-order valence-corrected chi connectivity index (χ0v) is 17.0. The summed E-state index contributed by atoms with van der Waals surface area (Å²) in [5.74, 6) is 0.127. The second-order valence-corrected chi connectivity index (χ2v) is 9.39. The van der Waals surface area contributed by atoms with Gasteiger partial charge in [-0.1, -0.05) is 26.2 Å². The summed E-state index contributed by atoms with van der Waals surface area (Å²) in [6.07, 6.45) is 10.7. The Morgan fingerprint density at radius 1 is 1.19 bits per heavy atom. The molecule has 4 nitrogen and oxygen atoms in total. The number of hydrogen-bond acceptors (Lipinski definition) is 4. The minimum Gasteiger partial charge on any atom is -0.350 e. The lowest BCUT2D eigenvalue weighted by molar-refractivity contribution is 0.0938. The van der Waals surface area contributed by atoms with E-state index in [9.17, 15) is 4.79 Å². The van der Waals surface area contributed by atoms with Crippen molar-refractivity contribution in [3.63, 3.8) is 0 Å². The second-order valence-electron chi connectivity index (χ2n) is 8.25. The van der Waals surface area contributed by atoms with Gasteiger partial charge in [0.2, 0.25) is 0 Å². The number of amides is 1. The van der Waals surface area contributed by atoms with Crippen LogP contribution in [0.5, 0.6) is 0 Å². The van der Waals surface area contributed by atoms with Crippen LogP contribution in [0.4, 0.5) is 0 Å². The zero-order valence-electron chi connectivity index (χ0n) is 16.1. The molecule has 1 saturated heterocycles. The Labute approximate surface area is 161 Å². The molecule has 1 amide bonds. The van der Waals surface area contributed by atoms with Gasteiger partial charge in [0.05, 0.1) is 4.88 Å². The Kier molecular flexibility index (Phi) is 5.97. The summed E-state index contributed by atoms with van der Waals surface area (Å²) in [5.41, 5.74) is 1.40. The molecule has 0 radical (unpaired) electrons. The maximum atomic E-state index is 12.5. The molecule has 2 fully saturated rings.